The number of anilines is 1. The third-order valence-electron chi connectivity index (χ3n) is 3.35. The van der Waals surface area contributed by atoms with Gasteiger partial charge in [-0.2, -0.15) is 0 Å². The Kier molecular flexibility index (Phi) is 3.38. The minimum Gasteiger partial charge on any atom is -0.398 e. The molecular formula is C15H14FN5O. The number of imidazole rings is 1. The first-order chi connectivity index (χ1) is 10.5. The Balaban J connectivity index is 1.89. The van der Waals surface area contributed by atoms with E-state index in [9.17, 15) is 9.18 Å². The number of halogens is 1. The van der Waals surface area contributed by atoms with Gasteiger partial charge in [-0.1, -0.05) is 12.1 Å². The molecule has 0 fully saturated rings. The molecule has 5 N–H and O–H groups in total. The van der Waals surface area contributed by atoms with Gasteiger partial charge in [0.05, 0.1) is 23.1 Å². The fourth-order valence-corrected chi connectivity index (χ4v) is 2.19. The number of hydrogen-bond donors (Lipinski definition) is 3. The molecule has 2 aromatic carbocycles. The van der Waals surface area contributed by atoms with Crippen molar-refractivity contribution in [2.45, 2.75) is 6.54 Å². The summed E-state index contributed by atoms with van der Waals surface area (Å²) in [6.45, 7) is 0.474. The van der Waals surface area contributed by atoms with Gasteiger partial charge in [-0.3, -0.25) is 4.79 Å². The molecule has 0 atom stereocenters. The zero-order valence-corrected chi connectivity index (χ0v) is 11.6. The highest BCUT2D eigenvalue weighted by atomic mass is 19.1. The second-order valence-electron chi connectivity index (χ2n) is 4.87. The first kappa shape index (κ1) is 13.9. The van der Waals surface area contributed by atoms with Crippen LogP contribution in [0.2, 0.25) is 0 Å². The molecule has 6 nitrogen and oxygen atoms in total. The third-order valence-corrected chi connectivity index (χ3v) is 3.35. The summed E-state index contributed by atoms with van der Waals surface area (Å²) in [5.74, 6) is -0.871. The topological polar surface area (TPSA) is 99.0 Å². The van der Waals surface area contributed by atoms with Gasteiger partial charge in [0.15, 0.2) is 0 Å². The first-order valence-corrected chi connectivity index (χ1v) is 6.59. The van der Waals surface area contributed by atoms with Gasteiger partial charge in [-0.25, -0.2) is 14.1 Å². The lowest BCUT2D eigenvalue weighted by atomic mass is 10.1. The predicted octanol–water partition coefficient (Wildman–Crippen LogP) is 1.60. The molecule has 0 saturated heterocycles. The number of nitrogens with one attached hydrogen (secondary N) is 1. The van der Waals surface area contributed by atoms with Crippen LogP contribution in [0, 0.1) is 5.82 Å². The molecule has 1 amide bonds. The smallest absolute Gasteiger partial charge is 0.250 e. The summed E-state index contributed by atoms with van der Waals surface area (Å²) in [4.78, 5) is 15.6. The van der Waals surface area contributed by atoms with Crippen molar-refractivity contribution in [1.29, 1.82) is 0 Å². The van der Waals surface area contributed by atoms with Gasteiger partial charge in [0.1, 0.15) is 12.1 Å². The zero-order valence-electron chi connectivity index (χ0n) is 11.6. The minimum atomic E-state index is -0.592. The lowest BCUT2D eigenvalue weighted by molar-refractivity contribution is 0.100. The molecule has 3 rings (SSSR count). The normalized spacial score (nSPS) is 10.8. The number of hydrogen-bond acceptors (Lipinski definition) is 4. The molecule has 0 aliphatic heterocycles. The summed E-state index contributed by atoms with van der Waals surface area (Å²) in [5, 5.41) is 0. The molecule has 0 saturated carbocycles. The molecule has 1 aromatic heterocycles. The number of fused-ring (bicyclic) bond motifs is 1. The first-order valence-electron chi connectivity index (χ1n) is 6.59. The molecule has 112 valence electrons. The maximum atomic E-state index is 12.9. The Labute approximate surface area is 125 Å². The van der Waals surface area contributed by atoms with E-state index in [1.807, 2.05) is 0 Å². The van der Waals surface area contributed by atoms with E-state index in [0.29, 0.717) is 23.3 Å². The second kappa shape index (κ2) is 5.36. The number of rotatable bonds is 4. The van der Waals surface area contributed by atoms with Gasteiger partial charge < -0.3 is 16.9 Å². The summed E-state index contributed by atoms with van der Waals surface area (Å²) >= 11 is 0. The molecule has 7 heteroatoms. The van der Waals surface area contributed by atoms with Crippen molar-refractivity contribution in [3.63, 3.8) is 0 Å². The van der Waals surface area contributed by atoms with Crippen LogP contribution in [0.4, 0.5) is 10.1 Å². The number of nitrogens with two attached hydrogens (primary N) is 2. The zero-order chi connectivity index (χ0) is 15.7. The molecule has 0 unspecified atom stereocenters. The molecule has 0 aliphatic rings. The Hall–Kier alpha value is -3.09. The SMILES string of the molecule is NC(=O)c1cc2c(cc1N)ncn2NCc1ccc(F)cc1. The standard InChI is InChI=1S/C15H14FN5O/c16-10-3-1-9(2-4-10)7-20-21-8-19-13-6-12(17)11(15(18)22)5-14(13)21/h1-6,8,20H,7,17H2,(H2,18,22). The van der Waals surface area contributed by atoms with E-state index in [2.05, 4.69) is 10.4 Å². The van der Waals surface area contributed by atoms with E-state index in [1.54, 1.807) is 35.3 Å². The molecular weight excluding hydrogens is 285 g/mol. The van der Waals surface area contributed by atoms with Crippen LogP contribution < -0.4 is 16.9 Å². The largest absolute Gasteiger partial charge is 0.398 e. The van der Waals surface area contributed by atoms with Crippen LogP contribution in [0.5, 0.6) is 0 Å². The van der Waals surface area contributed by atoms with Crippen molar-refractivity contribution in [2.75, 3.05) is 11.2 Å². The van der Waals surface area contributed by atoms with E-state index >= 15 is 0 Å². The molecule has 1 heterocycles. The number of carbonyl (C=O) groups excluding carboxylic acids is 1. The molecule has 22 heavy (non-hydrogen) atoms. The maximum absolute atomic E-state index is 12.9. The van der Waals surface area contributed by atoms with Gasteiger partial charge in [0.2, 0.25) is 0 Å². The number of primary amides is 1. The number of aromatic nitrogens is 2. The summed E-state index contributed by atoms with van der Waals surface area (Å²) < 4.78 is 14.5. The fourth-order valence-electron chi connectivity index (χ4n) is 2.19. The highest BCUT2D eigenvalue weighted by Gasteiger charge is 2.11. The van der Waals surface area contributed by atoms with Gasteiger partial charge in [0, 0.05) is 5.69 Å². The number of nitrogens with zero attached hydrogens (tertiary/aromatic N) is 2. The van der Waals surface area contributed by atoms with Crippen LogP contribution in [0.1, 0.15) is 15.9 Å². The number of benzene rings is 2. The van der Waals surface area contributed by atoms with Crippen LogP contribution in [0.25, 0.3) is 11.0 Å². The third kappa shape index (κ3) is 2.56. The summed E-state index contributed by atoms with van der Waals surface area (Å²) in [5.41, 5.74) is 17.0. The van der Waals surface area contributed by atoms with Gasteiger partial charge in [-0.15, -0.1) is 0 Å². The van der Waals surface area contributed by atoms with Crippen molar-refractivity contribution in [3.8, 4) is 0 Å². The fraction of sp³-hybridized carbons (Fsp3) is 0.0667. The van der Waals surface area contributed by atoms with E-state index in [4.69, 9.17) is 11.5 Å². The Morgan fingerprint density at radius 1 is 1.27 bits per heavy atom. The van der Waals surface area contributed by atoms with Crippen molar-refractivity contribution in [1.82, 2.24) is 9.66 Å². The number of amides is 1. The number of nitrogen functional groups attached to an aromatic ring is 1. The predicted molar refractivity (Wildman–Crippen MR) is 82.1 cm³/mol. The summed E-state index contributed by atoms with van der Waals surface area (Å²) in [7, 11) is 0. The molecule has 0 aliphatic carbocycles. The van der Waals surface area contributed by atoms with E-state index in [-0.39, 0.29) is 11.4 Å². The minimum absolute atomic E-state index is 0.248. The van der Waals surface area contributed by atoms with Crippen molar-refractivity contribution < 1.29 is 9.18 Å². The molecule has 3 aromatic rings. The van der Waals surface area contributed by atoms with Crippen LogP contribution in [-0.2, 0) is 6.54 Å². The highest BCUT2D eigenvalue weighted by Crippen LogP contribution is 2.20. The van der Waals surface area contributed by atoms with E-state index < -0.39 is 5.91 Å². The molecule has 0 bridgehead atoms. The summed E-state index contributed by atoms with van der Waals surface area (Å²) in [6, 6.07) is 9.37. The Morgan fingerprint density at radius 2 is 2.00 bits per heavy atom. The van der Waals surface area contributed by atoms with Crippen LogP contribution in [0.3, 0.4) is 0 Å². The van der Waals surface area contributed by atoms with Gasteiger partial charge in [-0.05, 0) is 29.8 Å². The number of carbonyl (C=O) groups is 1. The highest BCUT2D eigenvalue weighted by molar-refractivity contribution is 6.01. The Morgan fingerprint density at radius 3 is 2.68 bits per heavy atom. The molecule has 0 spiro atoms. The summed E-state index contributed by atoms with van der Waals surface area (Å²) in [6.07, 6.45) is 1.58. The van der Waals surface area contributed by atoms with Crippen LogP contribution in [0.15, 0.2) is 42.7 Å². The monoisotopic (exact) mass is 299 g/mol. The average molecular weight is 299 g/mol. The maximum Gasteiger partial charge on any atom is 0.250 e. The molecule has 0 radical (unpaired) electrons. The lowest BCUT2D eigenvalue weighted by Gasteiger charge is -2.09. The van der Waals surface area contributed by atoms with Gasteiger partial charge >= 0.3 is 0 Å². The van der Waals surface area contributed by atoms with E-state index in [0.717, 1.165) is 5.56 Å². The second-order valence-corrected chi connectivity index (χ2v) is 4.87. The quantitative estimate of drug-likeness (QED) is 0.637. The van der Waals surface area contributed by atoms with E-state index in [1.165, 1.54) is 12.1 Å². The lowest BCUT2D eigenvalue weighted by Crippen LogP contribution is -2.15. The van der Waals surface area contributed by atoms with Crippen molar-refractivity contribution in [2.24, 2.45) is 5.73 Å². The van der Waals surface area contributed by atoms with Gasteiger partial charge in [0.25, 0.3) is 5.91 Å². The Bertz CT molecular complexity index is 841. The van der Waals surface area contributed by atoms with Crippen molar-refractivity contribution in [3.05, 3.63) is 59.7 Å². The van der Waals surface area contributed by atoms with Crippen molar-refractivity contribution >= 4 is 22.6 Å². The van der Waals surface area contributed by atoms with Crippen LogP contribution in [-0.4, -0.2) is 15.6 Å². The van der Waals surface area contributed by atoms with Crippen LogP contribution >= 0.6 is 0 Å². The average Bonchev–Trinajstić information content (AvgIpc) is 2.87.